The summed E-state index contributed by atoms with van der Waals surface area (Å²) in [6, 6.07) is 18.9. The molecule has 0 bridgehead atoms. The quantitative estimate of drug-likeness (QED) is 0.462. The van der Waals surface area contributed by atoms with Crippen LogP contribution in [-0.4, -0.2) is 27.2 Å². The van der Waals surface area contributed by atoms with Crippen LogP contribution in [0.2, 0.25) is 5.02 Å². The minimum atomic E-state index is -3.98. The van der Waals surface area contributed by atoms with Crippen LogP contribution in [-0.2, 0) is 14.6 Å². The first-order valence-electron chi connectivity index (χ1n) is 9.75. The molecule has 0 aromatic heterocycles. The maximum absolute atomic E-state index is 13.6. The highest BCUT2D eigenvalue weighted by molar-refractivity contribution is 7.91. The van der Waals surface area contributed by atoms with Gasteiger partial charge in [0, 0.05) is 29.6 Å². The predicted octanol–water partition coefficient (Wildman–Crippen LogP) is 5.10. The number of ketones is 1. The van der Waals surface area contributed by atoms with E-state index in [-0.39, 0.29) is 28.0 Å². The summed E-state index contributed by atoms with van der Waals surface area (Å²) in [7, 11) is -2.46. The Morgan fingerprint density at radius 2 is 1.59 bits per heavy atom. The first-order valence-corrected chi connectivity index (χ1v) is 11.7. The number of hydrogen-bond acceptors (Lipinski definition) is 5. The third-order valence-corrected chi connectivity index (χ3v) is 7.36. The van der Waals surface area contributed by atoms with Crippen molar-refractivity contribution in [3.63, 3.8) is 0 Å². The number of nitrogens with one attached hydrogen (secondary N) is 1. The Labute approximate surface area is 192 Å². The summed E-state index contributed by atoms with van der Waals surface area (Å²) in [5, 5.41) is 1.68. The van der Waals surface area contributed by atoms with Gasteiger partial charge < -0.3 is 10.1 Å². The number of sulfone groups is 1. The van der Waals surface area contributed by atoms with E-state index in [0.717, 1.165) is 0 Å². The zero-order valence-corrected chi connectivity index (χ0v) is 19.1. The number of hydrogen-bond donors (Lipinski definition) is 1. The van der Waals surface area contributed by atoms with E-state index in [1.807, 2.05) is 0 Å². The molecule has 0 heterocycles. The number of benzene rings is 3. The van der Waals surface area contributed by atoms with Crippen LogP contribution in [0.15, 0.2) is 77.7 Å². The topological polar surface area (TPSA) is 89.5 Å². The molecule has 6 nitrogen and oxygen atoms in total. The van der Waals surface area contributed by atoms with Gasteiger partial charge >= 0.3 is 0 Å². The highest BCUT2D eigenvalue weighted by Crippen LogP contribution is 2.37. The first kappa shape index (κ1) is 23.5. The van der Waals surface area contributed by atoms with E-state index in [2.05, 4.69) is 5.32 Å². The molecule has 0 saturated heterocycles. The number of anilines is 1. The molecular formula is C24H22ClNO5S. The lowest BCUT2D eigenvalue weighted by Crippen LogP contribution is -2.18. The number of ether oxygens (including phenoxy) is 1. The standard InChI is InChI=1S/C24H22ClNO5S/c1-16(27)26-18-9-13-20(14-10-18)32(29,30)24(21-5-3-4-6-22(21)25)15-23(28)17-7-11-19(31-2)12-8-17/h3-14,24H,15H2,1-2H3,(H,26,27). The molecular weight excluding hydrogens is 450 g/mol. The highest BCUT2D eigenvalue weighted by atomic mass is 35.5. The third kappa shape index (κ3) is 5.36. The summed E-state index contributed by atoms with van der Waals surface area (Å²) < 4.78 is 32.2. The number of rotatable bonds is 8. The van der Waals surface area contributed by atoms with Gasteiger partial charge in [0.1, 0.15) is 5.75 Å². The number of carbonyl (C=O) groups excluding carboxylic acids is 2. The van der Waals surface area contributed by atoms with E-state index in [4.69, 9.17) is 16.3 Å². The van der Waals surface area contributed by atoms with Gasteiger partial charge in [-0.3, -0.25) is 9.59 Å². The molecule has 32 heavy (non-hydrogen) atoms. The van der Waals surface area contributed by atoms with Gasteiger partial charge in [-0.05, 0) is 60.2 Å². The Morgan fingerprint density at radius 1 is 0.969 bits per heavy atom. The molecule has 0 aliphatic rings. The van der Waals surface area contributed by atoms with E-state index < -0.39 is 15.1 Å². The minimum Gasteiger partial charge on any atom is -0.497 e. The van der Waals surface area contributed by atoms with Crippen molar-refractivity contribution in [2.45, 2.75) is 23.5 Å². The second-order valence-electron chi connectivity index (χ2n) is 7.12. The van der Waals surface area contributed by atoms with Gasteiger partial charge in [-0.15, -0.1) is 0 Å². The molecule has 1 N–H and O–H groups in total. The fraction of sp³-hybridized carbons (Fsp3) is 0.167. The monoisotopic (exact) mass is 471 g/mol. The van der Waals surface area contributed by atoms with Crippen molar-refractivity contribution in [1.82, 2.24) is 0 Å². The van der Waals surface area contributed by atoms with Crippen LogP contribution in [0.25, 0.3) is 0 Å². The summed E-state index contributed by atoms with van der Waals surface area (Å²) in [4.78, 5) is 24.3. The fourth-order valence-corrected chi connectivity index (χ4v) is 5.37. The summed E-state index contributed by atoms with van der Waals surface area (Å²) in [6.45, 7) is 1.36. The minimum absolute atomic E-state index is 0.0269. The molecule has 0 radical (unpaired) electrons. The number of amides is 1. The van der Waals surface area contributed by atoms with Crippen LogP contribution in [0.5, 0.6) is 5.75 Å². The van der Waals surface area contributed by atoms with Crippen LogP contribution in [0.4, 0.5) is 5.69 Å². The van der Waals surface area contributed by atoms with Crippen LogP contribution in [0.1, 0.15) is 34.5 Å². The van der Waals surface area contributed by atoms with E-state index >= 15 is 0 Å². The average molecular weight is 472 g/mol. The molecule has 3 aromatic carbocycles. The zero-order valence-electron chi connectivity index (χ0n) is 17.5. The molecule has 0 spiro atoms. The Kier molecular flexibility index (Phi) is 7.33. The van der Waals surface area contributed by atoms with Crippen molar-refractivity contribution < 1.29 is 22.7 Å². The van der Waals surface area contributed by atoms with Crippen molar-refractivity contribution in [2.75, 3.05) is 12.4 Å². The highest BCUT2D eigenvalue weighted by Gasteiger charge is 2.33. The molecule has 0 saturated carbocycles. The Balaban J connectivity index is 1.99. The molecule has 0 aliphatic carbocycles. The molecule has 3 aromatic rings. The summed E-state index contributed by atoms with van der Waals surface area (Å²) in [5.74, 6) is -0.00765. The molecule has 1 amide bonds. The largest absolute Gasteiger partial charge is 0.497 e. The van der Waals surface area contributed by atoms with Gasteiger partial charge in [0.25, 0.3) is 0 Å². The lowest BCUT2D eigenvalue weighted by molar-refractivity contribution is -0.114. The van der Waals surface area contributed by atoms with E-state index in [0.29, 0.717) is 22.6 Å². The molecule has 166 valence electrons. The van der Waals surface area contributed by atoms with Crippen LogP contribution >= 0.6 is 11.6 Å². The molecule has 0 aliphatic heterocycles. The lowest BCUT2D eigenvalue weighted by Gasteiger charge is -2.19. The van der Waals surface area contributed by atoms with E-state index in [1.54, 1.807) is 48.5 Å². The second-order valence-corrected chi connectivity index (χ2v) is 9.65. The molecule has 3 rings (SSSR count). The molecule has 1 atom stereocenters. The maximum atomic E-state index is 13.6. The van der Waals surface area contributed by atoms with Crippen LogP contribution < -0.4 is 10.1 Å². The van der Waals surface area contributed by atoms with Crippen LogP contribution in [0, 0.1) is 0 Å². The Hall–Kier alpha value is -3.16. The maximum Gasteiger partial charge on any atom is 0.221 e. The summed E-state index contributed by atoms with van der Waals surface area (Å²) in [6.07, 6.45) is -0.286. The van der Waals surface area contributed by atoms with Crippen molar-refractivity contribution >= 4 is 38.8 Å². The van der Waals surface area contributed by atoms with Gasteiger partial charge in [0.15, 0.2) is 15.6 Å². The van der Waals surface area contributed by atoms with Crippen molar-refractivity contribution in [2.24, 2.45) is 0 Å². The van der Waals surface area contributed by atoms with Gasteiger partial charge in [0.05, 0.1) is 17.3 Å². The van der Waals surface area contributed by atoms with Crippen molar-refractivity contribution in [3.05, 3.63) is 88.9 Å². The normalized spacial score (nSPS) is 12.1. The molecule has 0 fully saturated rings. The smallest absolute Gasteiger partial charge is 0.221 e. The number of carbonyl (C=O) groups is 2. The van der Waals surface area contributed by atoms with E-state index in [9.17, 15) is 18.0 Å². The van der Waals surface area contributed by atoms with Gasteiger partial charge in [-0.25, -0.2) is 8.42 Å². The molecule has 8 heteroatoms. The molecule has 1 unspecified atom stereocenters. The van der Waals surface area contributed by atoms with Gasteiger partial charge in [-0.1, -0.05) is 29.8 Å². The summed E-state index contributed by atoms with van der Waals surface area (Å²) >= 11 is 6.32. The Morgan fingerprint density at radius 3 is 2.16 bits per heavy atom. The van der Waals surface area contributed by atoms with Gasteiger partial charge in [0.2, 0.25) is 5.91 Å². The second kappa shape index (κ2) is 9.97. The van der Waals surface area contributed by atoms with Gasteiger partial charge in [-0.2, -0.15) is 0 Å². The average Bonchev–Trinajstić information content (AvgIpc) is 2.78. The van der Waals surface area contributed by atoms with Crippen molar-refractivity contribution in [1.29, 1.82) is 0 Å². The number of methoxy groups -OCH3 is 1. The first-order chi connectivity index (χ1) is 15.2. The van der Waals surface area contributed by atoms with Crippen LogP contribution in [0.3, 0.4) is 0 Å². The zero-order chi connectivity index (χ0) is 23.3. The Bertz CT molecular complexity index is 1220. The lowest BCUT2D eigenvalue weighted by atomic mass is 10.0. The predicted molar refractivity (Wildman–Crippen MR) is 124 cm³/mol. The van der Waals surface area contributed by atoms with Crippen molar-refractivity contribution in [3.8, 4) is 5.75 Å². The third-order valence-electron chi connectivity index (χ3n) is 4.91. The SMILES string of the molecule is COc1ccc(C(=O)CC(c2ccccc2Cl)S(=O)(=O)c2ccc(NC(C)=O)cc2)cc1. The number of halogens is 1. The number of Topliss-reactive ketones (excluding diaryl/α,β-unsaturated/α-hetero) is 1. The fourth-order valence-electron chi connectivity index (χ4n) is 3.28. The van der Waals surface area contributed by atoms with E-state index in [1.165, 1.54) is 38.3 Å². The summed E-state index contributed by atoms with van der Waals surface area (Å²) in [5.41, 5.74) is 1.20.